The van der Waals surface area contributed by atoms with Crippen molar-refractivity contribution in [1.82, 2.24) is 4.90 Å². The number of rotatable bonds is 4. The molecule has 136 valence electrons. The first-order chi connectivity index (χ1) is 12.7. The highest BCUT2D eigenvalue weighted by Gasteiger charge is 2.16. The molecule has 3 rings (SSSR count). The van der Waals surface area contributed by atoms with E-state index in [-0.39, 0.29) is 5.91 Å². The Bertz CT molecular complexity index is 791. The molecule has 1 fully saturated rings. The third-order valence-electron chi connectivity index (χ3n) is 3.90. The third kappa shape index (κ3) is 4.71. The van der Waals surface area contributed by atoms with Crippen LogP contribution in [0.4, 0.5) is 5.69 Å². The van der Waals surface area contributed by atoms with Crippen molar-refractivity contribution in [3.63, 3.8) is 0 Å². The summed E-state index contributed by atoms with van der Waals surface area (Å²) in [4.78, 5) is 14.4. The summed E-state index contributed by atoms with van der Waals surface area (Å²) in [6.07, 6.45) is 0. The average molecular weight is 372 g/mol. The van der Waals surface area contributed by atoms with Gasteiger partial charge in [-0.25, -0.2) is 0 Å². The summed E-state index contributed by atoms with van der Waals surface area (Å²) in [6.45, 7) is 2.67. The molecule has 2 aromatic carbocycles. The second kappa shape index (κ2) is 8.64. The Labute approximate surface area is 157 Å². The highest BCUT2D eigenvalue weighted by atomic mass is 32.1. The van der Waals surface area contributed by atoms with Crippen molar-refractivity contribution in [1.29, 1.82) is 0 Å². The van der Waals surface area contributed by atoms with Crippen LogP contribution in [0.15, 0.2) is 48.5 Å². The first kappa shape index (κ1) is 18.2. The number of amides is 1. The van der Waals surface area contributed by atoms with Crippen LogP contribution in [-0.4, -0.2) is 49.4 Å². The van der Waals surface area contributed by atoms with Gasteiger partial charge < -0.3 is 24.4 Å². The number of methoxy groups -OCH3 is 1. The molecular weight excluding hydrogens is 352 g/mol. The van der Waals surface area contributed by atoms with Crippen LogP contribution in [0.3, 0.4) is 0 Å². The molecule has 26 heavy (non-hydrogen) atoms. The smallest absolute Gasteiger partial charge is 0.264 e. The SMILES string of the molecule is COc1cccc(NC(=O)c2cccc(OC(=S)N3CCOCC3)c2)c1. The van der Waals surface area contributed by atoms with E-state index in [4.69, 9.17) is 26.4 Å². The van der Waals surface area contributed by atoms with Gasteiger partial charge in [-0.3, -0.25) is 4.79 Å². The lowest BCUT2D eigenvalue weighted by atomic mass is 10.2. The molecule has 0 saturated carbocycles. The Morgan fingerprint density at radius 1 is 1.12 bits per heavy atom. The number of ether oxygens (including phenoxy) is 3. The number of hydrogen-bond donors (Lipinski definition) is 1. The largest absolute Gasteiger partial charge is 0.497 e. The monoisotopic (exact) mass is 372 g/mol. The summed E-state index contributed by atoms with van der Waals surface area (Å²) in [6, 6.07) is 14.1. The van der Waals surface area contributed by atoms with Crippen LogP contribution in [0.2, 0.25) is 0 Å². The Balaban J connectivity index is 1.65. The van der Waals surface area contributed by atoms with Gasteiger partial charge in [-0.1, -0.05) is 12.1 Å². The van der Waals surface area contributed by atoms with Gasteiger partial charge >= 0.3 is 0 Å². The van der Waals surface area contributed by atoms with E-state index >= 15 is 0 Å². The predicted octanol–water partition coefficient (Wildman–Crippen LogP) is 2.94. The standard InChI is InChI=1S/C19H20N2O4S/c1-23-16-6-3-5-15(13-16)20-18(22)14-4-2-7-17(12-14)25-19(26)21-8-10-24-11-9-21/h2-7,12-13H,8-11H2,1H3,(H,20,22). The Morgan fingerprint density at radius 2 is 1.85 bits per heavy atom. The van der Waals surface area contributed by atoms with E-state index in [0.29, 0.717) is 54.2 Å². The number of nitrogens with one attached hydrogen (secondary N) is 1. The minimum atomic E-state index is -0.235. The van der Waals surface area contributed by atoms with E-state index in [1.165, 1.54) is 0 Å². The van der Waals surface area contributed by atoms with E-state index in [1.54, 1.807) is 43.5 Å². The molecule has 1 aliphatic rings. The van der Waals surface area contributed by atoms with Crippen LogP contribution in [0.5, 0.6) is 11.5 Å². The zero-order chi connectivity index (χ0) is 18.4. The van der Waals surface area contributed by atoms with Crippen molar-refractivity contribution in [3.8, 4) is 11.5 Å². The minimum absolute atomic E-state index is 0.235. The lowest BCUT2D eigenvalue weighted by Gasteiger charge is -2.28. The van der Waals surface area contributed by atoms with Gasteiger partial charge in [0, 0.05) is 30.4 Å². The maximum absolute atomic E-state index is 12.5. The number of benzene rings is 2. The van der Waals surface area contributed by atoms with Gasteiger partial charge in [-0.05, 0) is 42.5 Å². The number of nitrogens with zero attached hydrogens (tertiary/aromatic N) is 1. The molecule has 6 nitrogen and oxygen atoms in total. The van der Waals surface area contributed by atoms with Crippen LogP contribution in [-0.2, 0) is 4.74 Å². The number of carbonyl (C=O) groups is 1. The second-order valence-corrected chi connectivity index (χ2v) is 6.03. The normalized spacial score (nSPS) is 13.8. The fraction of sp³-hybridized carbons (Fsp3) is 0.263. The average Bonchev–Trinajstić information content (AvgIpc) is 2.69. The predicted molar refractivity (Wildman–Crippen MR) is 103 cm³/mol. The molecule has 0 radical (unpaired) electrons. The quantitative estimate of drug-likeness (QED) is 0.833. The van der Waals surface area contributed by atoms with Crippen molar-refractivity contribution in [3.05, 3.63) is 54.1 Å². The van der Waals surface area contributed by atoms with E-state index in [2.05, 4.69) is 5.32 Å². The van der Waals surface area contributed by atoms with Crippen molar-refractivity contribution in [2.45, 2.75) is 0 Å². The summed E-state index contributed by atoms with van der Waals surface area (Å²) in [5.41, 5.74) is 1.14. The van der Waals surface area contributed by atoms with Crippen LogP contribution in [0.25, 0.3) is 0 Å². The molecule has 0 aromatic heterocycles. The topological polar surface area (TPSA) is 60.0 Å². The Morgan fingerprint density at radius 3 is 2.62 bits per heavy atom. The van der Waals surface area contributed by atoms with Gasteiger partial charge in [-0.2, -0.15) is 0 Å². The van der Waals surface area contributed by atoms with Crippen molar-refractivity contribution in [2.75, 3.05) is 38.7 Å². The second-order valence-electron chi connectivity index (χ2n) is 5.68. The highest BCUT2D eigenvalue weighted by Crippen LogP contribution is 2.19. The lowest BCUT2D eigenvalue weighted by molar-refractivity contribution is 0.0631. The number of carbonyl (C=O) groups excluding carboxylic acids is 1. The molecule has 2 aromatic rings. The van der Waals surface area contributed by atoms with Gasteiger partial charge in [0.25, 0.3) is 11.1 Å². The molecule has 1 N–H and O–H groups in total. The van der Waals surface area contributed by atoms with Crippen molar-refractivity contribution >= 4 is 29.0 Å². The van der Waals surface area contributed by atoms with E-state index in [1.807, 2.05) is 17.0 Å². The van der Waals surface area contributed by atoms with E-state index < -0.39 is 0 Å². The van der Waals surface area contributed by atoms with Crippen LogP contribution >= 0.6 is 12.2 Å². The van der Waals surface area contributed by atoms with Crippen LogP contribution in [0, 0.1) is 0 Å². The number of hydrogen-bond acceptors (Lipinski definition) is 5. The number of anilines is 1. The molecule has 0 bridgehead atoms. The lowest BCUT2D eigenvalue weighted by Crippen LogP contribution is -2.42. The first-order valence-corrected chi connectivity index (χ1v) is 8.66. The summed E-state index contributed by atoms with van der Waals surface area (Å²) in [5, 5.41) is 3.23. The van der Waals surface area contributed by atoms with Gasteiger partial charge in [-0.15, -0.1) is 0 Å². The molecule has 0 atom stereocenters. The zero-order valence-electron chi connectivity index (χ0n) is 14.4. The number of thiocarbonyl (C=S) groups is 1. The maximum atomic E-state index is 12.5. The van der Waals surface area contributed by atoms with E-state index in [0.717, 1.165) is 0 Å². The molecule has 0 aliphatic carbocycles. The third-order valence-corrected chi connectivity index (χ3v) is 4.24. The molecule has 1 saturated heterocycles. The van der Waals surface area contributed by atoms with Gasteiger partial charge in [0.15, 0.2) is 0 Å². The molecule has 0 spiro atoms. The Hall–Kier alpha value is -2.64. The summed E-state index contributed by atoms with van der Waals surface area (Å²) >= 11 is 5.33. The van der Waals surface area contributed by atoms with Gasteiger partial charge in [0.1, 0.15) is 11.5 Å². The van der Waals surface area contributed by atoms with E-state index in [9.17, 15) is 4.79 Å². The highest BCUT2D eigenvalue weighted by molar-refractivity contribution is 7.80. The summed E-state index contributed by atoms with van der Waals surface area (Å²) < 4.78 is 16.2. The maximum Gasteiger partial charge on any atom is 0.264 e. The van der Waals surface area contributed by atoms with Crippen molar-refractivity contribution in [2.24, 2.45) is 0 Å². The first-order valence-electron chi connectivity index (χ1n) is 8.26. The Kier molecular flexibility index (Phi) is 6.04. The summed E-state index contributed by atoms with van der Waals surface area (Å²) in [7, 11) is 1.58. The summed E-state index contributed by atoms with van der Waals surface area (Å²) in [5.74, 6) is 0.969. The molecule has 1 aliphatic heterocycles. The molecule has 1 heterocycles. The molecule has 0 unspecified atom stereocenters. The zero-order valence-corrected chi connectivity index (χ0v) is 15.3. The molecule has 7 heteroatoms. The molecule has 1 amide bonds. The van der Waals surface area contributed by atoms with Crippen LogP contribution in [0.1, 0.15) is 10.4 Å². The fourth-order valence-electron chi connectivity index (χ4n) is 2.52. The van der Waals surface area contributed by atoms with Crippen LogP contribution < -0.4 is 14.8 Å². The van der Waals surface area contributed by atoms with Crippen molar-refractivity contribution < 1.29 is 19.0 Å². The fourth-order valence-corrected chi connectivity index (χ4v) is 2.80. The molecular formula is C19H20N2O4S. The van der Waals surface area contributed by atoms with Gasteiger partial charge in [0.2, 0.25) is 0 Å². The number of morpholine rings is 1. The minimum Gasteiger partial charge on any atom is -0.497 e. The van der Waals surface area contributed by atoms with Gasteiger partial charge in [0.05, 0.1) is 20.3 Å².